The lowest BCUT2D eigenvalue weighted by Gasteiger charge is -2.41. The minimum atomic E-state index is -0.939. The van der Waals surface area contributed by atoms with E-state index in [-0.39, 0.29) is 12.0 Å². The molecule has 276 valence electrons. The van der Waals surface area contributed by atoms with Crippen LogP contribution in [-0.2, 0) is 17.6 Å². The second-order valence-corrected chi connectivity index (χ2v) is 16.7. The monoisotopic (exact) mass is 744 g/mol. The number of aryl methyl sites for hydroxylation is 1. The Kier molecular flexibility index (Phi) is 8.09. The Labute approximate surface area is 326 Å². The van der Waals surface area contributed by atoms with Crippen molar-refractivity contribution in [2.45, 2.75) is 60.0 Å². The molecule has 10 rings (SSSR count). The number of ether oxygens (including phenoxy) is 4. The van der Waals surface area contributed by atoms with Crippen LogP contribution in [0.5, 0.6) is 23.0 Å². The molecular formula is C49H44O5S. The van der Waals surface area contributed by atoms with Crippen LogP contribution < -0.4 is 18.9 Å². The molecular weight excluding hydrogens is 701 g/mol. The van der Waals surface area contributed by atoms with Gasteiger partial charge in [-0.15, -0.1) is 0 Å². The van der Waals surface area contributed by atoms with Gasteiger partial charge in [0.25, 0.3) is 0 Å². The lowest BCUT2D eigenvalue weighted by molar-refractivity contribution is 0.162. The summed E-state index contributed by atoms with van der Waals surface area (Å²) in [5.74, 6) is 4.46. The van der Waals surface area contributed by atoms with Gasteiger partial charge in [0.05, 0.1) is 32.8 Å². The van der Waals surface area contributed by atoms with Crippen LogP contribution in [0.25, 0.3) is 28.0 Å². The van der Waals surface area contributed by atoms with Gasteiger partial charge in [-0.25, -0.2) is 0 Å². The first-order valence-corrected chi connectivity index (χ1v) is 20.1. The van der Waals surface area contributed by atoms with Crippen LogP contribution in [0.3, 0.4) is 0 Å². The van der Waals surface area contributed by atoms with Crippen molar-refractivity contribution in [2.75, 3.05) is 21.3 Å². The van der Waals surface area contributed by atoms with Crippen LogP contribution in [0.1, 0.15) is 64.6 Å². The third-order valence-corrected chi connectivity index (χ3v) is 14.2. The molecule has 6 aromatic carbocycles. The van der Waals surface area contributed by atoms with E-state index in [4.69, 9.17) is 18.9 Å². The first kappa shape index (κ1) is 34.3. The van der Waals surface area contributed by atoms with Gasteiger partial charge < -0.3 is 24.1 Å². The number of hydrogen-bond acceptors (Lipinski definition) is 6. The van der Waals surface area contributed by atoms with Gasteiger partial charge in [0.2, 0.25) is 0 Å². The quantitative estimate of drug-likeness (QED) is 0.167. The van der Waals surface area contributed by atoms with Crippen LogP contribution in [0, 0.1) is 18.8 Å². The lowest BCUT2D eigenvalue weighted by atomic mass is 9.65. The zero-order valence-electron chi connectivity index (χ0n) is 31.6. The molecule has 5 nitrogen and oxygen atoms in total. The second-order valence-electron chi connectivity index (χ2n) is 15.6. The predicted molar refractivity (Wildman–Crippen MR) is 220 cm³/mol. The van der Waals surface area contributed by atoms with Crippen LogP contribution in [0.15, 0.2) is 119 Å². The van der Waals surface area contributed by atoms with Gasteiger partial charge in [0, 0.05) is 32.4 Å². The topological polar surface area (TPSA) is 57.2 Å². The van der Waals surface area contributed by atoms with E-state index in [1.165, 1.54) is 52.0 Å². The van der Waals surface area contributed by atoms with E-state index >= 15 is 0 Å². The highest BCUT2D eigenvalue weighted by atomic mass is 32.2. The van der Waals surface area contributed by atoms with E-state index in [0.717, 1.165) is 67.3 Å². The fourth-order valence-corrected chi connectivity index (χ4v) is 11.5. The molecule has 0 aromatic heterocycles. The lowest BCUT2D eigenvalue weighted by Crippen LogP contribution is -2.36. The van der Waals surface area contributed by atoms with E-state index in [9.17, 15) is 5.11 Å². The first-order chi connectivity index (χ1) is 26.9. The van der Waals surface area contributed by atoms with E-state index in [0.29, 0.717) is 11.8 Å². The number of hydrogen-bond donors (Lipinski definition) is 1. The molecule has 6 aromatic rings. The van der Waals surface area contributed by atoms with Crippen molar-refractivity contribution in [2.24, 2.45) is 11.8 Å². The van der Waals surface area contributed by atoms with E-state index in [2.05, 4.69) is 97.9 Å². The van der Waals surface area contributed by atoms with E-state index in [1.54, 1.807) is 33.1 Å². The van der Waals surface area contributed by atoms with Crippen molar-refractivity contribution < 1.29 is 24.1 Å². The Balaban J connectivity index is 1.29. The molecule has 1 heterocycles. The zero-order valence-corrected chi connectivity index (χ0v) is 32.5. The summed E-state index contributed by atoms with van der Waals surface area (Å²) < 4.78 is 25.1. The fraction of sp³-hybridized carbons (Fsp3) is 0.265. The summed E-state index contributed by atoms with van der Waals surface area (Å²) in [6, 6.07) is 36.2. The van der Waals surface area contributed by atoms with Gasteiger partial charge in [-0.3, -0.25) is 0 Å². The summed E-state index contributed by atoms with van der Waals surface area (Å²) in [6.45, 7) is 2.19. The van der Waals surface area contributed by atoms with Gasteiger partial charge in [0.1, 0.15) is 23.0 Å². The number of benzene rings is 6. The Hall–Kier alpha value is -5.17. The molecule has 3 atom stereocenters. The largest absolute Gasteiger partial charge is 0.497 e. The van der Waals surface area contributed by atoms with Gasteiger partial charge in [-0.2, -0.15) is 0 Å². The van der Waals surface area contributed by atoms with E-state index in [1.807, 2.05) is 24.3 Å². The molecule has 3 unspecified atom stereocenters. The fourth-order valence-electron chi connectivity index (χ4n) is 10.5. The molecule has 2 saturated carbocycles. The summed E-state index contributed by atoms with van der Waals surface area (Å²) in [7, 11) is 5.15. The SMILES string of the molecule is COc1ccc(C2(c3ccc(OC)cc3)C=Cc3c4c(c5cc(Sc6ccccc6C)c(OC)cc5c3O2)-c2ccc(CO)cc2C42CC3CCC2C3)cc1. The van der Waals surface area contributed by atoms with Crippen LogP contribution in [0.2, 0.25) is 0 Å². The maximum atomic E-state index is 10.4. The average molecular weight is 745 g/mol. The number of rotatable bonds is 8. The number of fused-ring (bicyclic) bond motifs is 13. The Bertz CT molecular complexity index is 2470. The van der Waals surface area contributed by atoms with Gasteiger partial charge in [-0.05, 0) is 125 Å². The third kappa shape index (κ3) is 5.04. The molecule has 3 aliphatic carbocycles. The van der Waals surface area contributed by atoms with Crippen molar-refractivity contribution in [3.63, 3.8) is 0 Å². The van der Waals surface area contributed by atoms with Crippen molar-refractivity contribution in [3.8, 4) is 34.1 Å². The first-order valence-electron chi connectivity index (χ1n) is 19.3. The Morgan fingerprint density at radius 3 is 2.13 bits per heavy atom. The molecule has 55 heavy (non-hydrogen) atoms. The van der Waals surface area contributed by atoms with Crippen LogP contribution in [0.4, 0.5) is 0 Å². The summed E-state index contributed by atoms with van der Waals surface area (Å²) in [6.07, 6.45) is 9.45. The number of aliphatic hydroxyl groups excluding tert-OH is 1. The zero-order chi connectivity index (χ0) is 37.5. The molecule has 0 saturated heterocycles. The van der Waals surface area contributed by atoms with Gasteiger partial charge >= 0.3 is 0 Å². The van der Waals surface area contributed by atoms with Crippen molar-refractivity contribution in [1.29, 1.82) is 0 Å². The average Bonchev–Trinajstić information content (AvgIpc) is 3.93. The molecule has 2 fully saturated rings. The van der Waals surface area contributed by atoms with Crippen LogP contribution in [-0.4, -0.2) is 26.4 Å². The summed E-state index contributed by atoms with van der Waals surface area (Å²) >= 11 is 1.75. The minimum Gasteiger partial charge on any atom is -0.497 e. The molecule has 1 N–H and O–H groups in total. The molecule has 2 bridgehead atoms. The smallest absolute Gasteiger partial charge is 0.178 e. The van der Waals surface area contributed by atoms with Crippen LogP contribution >= 0.6 is 11.8 Å². The van der Waals surface area contributed by atoms with Gasteiger partial charge in [-0.1, -0.05) is 84.9 Å². The Morgan fingerprint density at radius 2 is 1.51 bits per heavy atom. The van der Waals surface area contributed by atoms with Crippen molar-refractivity contribution >= 4 is 28.6 Å². The van der Waals surface area contributed by atoms with Crippen molar-refractivity contribution in [1.82, 2.24) is 0 Å². The highest BCUT2D eigenvalue weighted by Gasteiger charge is 2.59. The molecule has 1 aliphatic heterocycles. The maximum Gasteiger partial charge on any atom is 0.178 e. The van der Waals surface area contributed by atoms with Gasteiger partial charge in [0.15, 0.2) is 5.60 Å². The molecule has 4 aliphatic rings. The maximum absolute atomic E-state index is 10.4. The predicted octanol–water partition coefficient (Wildman–Crippen LogP) is 11.3. The number of aliphatic hydroxyl groups is 1. The standard InChI is InChI=1S/C49H44O5S/c1-29-7-5-6-8-43(29)55-44-26-39-40(25-42(44)53-4)47-38(46-45(39)37-20-10-31(28-50)24-41(37)48(46)27-30-9-11-34(48)23-30)21-22-49(54-47,32-12-16-35(51-2)17-13-32)33-14-18-36(52-3)19-15-33/h5-8,10,12-22,24-26,30,34,50H,9,11,23,27-28H2,1-4H3. The summed E-state index contributed by atoms with van der Waals surface area (Å²) in [4.78, 5) is 2.27. The highest BCUT2D eigenvalue weighted by molar-refractivity contribution is 7.99. The van der Waals surface area contributed by atoms with Crippen molar-refractivity contribution in [3.05, 3.63) is 148 Å². The number of methoxy groups -OCH3 is 3. The molecule has 0 radical (unpaired) electrons. The Morgan fingerprint density at radius 1 is 0.782 bits per heavy atom. The van der Waals surface area contributed by atoms with E-state index < -0.39 is 5.60 Å². The molecule has 0 amide bonds. The summed E-state index contributed by atoms with van der Waals surface area (Å²) in [5, 5.41) is 12.6. The minimum absolute atomic E-state index is 0.0241. The third-order valence-electron chi connectivity index (χ3n) is 13.0. The highest BCUT2D eigenvalue weighted by Crippen LogP contribution is 2.69. The molecule has 6 heteroatoms. The molecule has 1 spiro atoms. The second kappa shape index (κ2) is 13.0. The summed E-state index contributed by atoms with van der Waals surface area (Å²) in [5.41, 5.74) is 9.57. The normalized spacial score (nSPS) is 21.0.